The standard InChI is InChI=1S/C15H19BrN2OS/c1-10(17)15(13-6-7-14(16)20-13)18(11-4-5-11)9-12-3-2-8-19-12/h2-3,6-8,10-11,15H,4-5,9,17H2,1H3. The SMILES string of the molecule is CC(N)C(c1ccc(Br)s1)N(Cc1ccco1)C1CC1. The fourth-order valence-electron chi connectivity index (χ4n) is 2.66. The molecule has 1 aliphatic rings. The molecule has 0 bridgehead atoms. The number of thiophene rings is 1. The third-order valence-electron chi connectivity index (χ3n) is 3.68. The predicted octanol–water partition coefficient (Wildman–Crippen LogP) is 4.16. The molecule has 2 N–H and O–H groups in total. The van der Waals surface area contributed by atoms with Crippen molar-refractivity contribution in [1.29, 1.82) is 0 Å². The summed E-state index contributed by atoms with van der Waals surface area (Å²) in [5, 5.41) is 0. The van der Waals surface area contributed by atoms with Gasteiger partial charge in [0.05, 0.1) is 22.6 Å². The van der Waals surface area contributed by atoms with E-state index in [1.54, 1.807) is 17.6 Å². The maximum absolute atomic E-state index is 6.29. The van der Waals surface area contributed by atoms with Gasteiger partial charge in [-0.3, -0.25) is 4.90 Å². The lowest BCUT2D eigenvalue weighted by molar-refractivity contribution is 0.148. The van der Waals surface area contributed by atoms with E-state index in [0.717, 1.165) is 16.1 Å². The van der Waals surface area contributed by atoms with Crippen LogP contribution in [0.4, 0.5) is 0 Å². The Morgan fingerprint density at radius 2 is 2.25 bits per heavy atom. The smallest absolute Gasteiger partial charge is 0.117 e. The maximum Gasteiger partial charge on any atom is 0.117 e. The van der Waals surface area contributed by atoms with Crippen LogP contribution in [0.2, 0.25) is 0 Å². The average Bonchev–Trinajstić information content (AvgIpc) is 2.96. The van der Waals surface area contributed by atoms with E-state index < -0.39 is 0 Å². The van der Waals surface area contributed by atoms with Gasteiger partial charge in [-0.2, -0.15) is 0 Å². The number of hydrogen-bond acceptors (Lipinski definition) is 4. The molecular weight excluding hydrogens is 336 g/mol. The van der Waals surface area contributed by atoms with E-state index in [1.807, 2.05) is 12.1 Å². The fourth-order valence-corrected chi connectivity index (χ4v) is 4.32. The van der Waals surface area contributed by atoms with Crippen LogP contribution in [-0.4, -0.2) is 17.0 Å². The largest absolute Gasteiger partial charge is 0.468 e. The highest BCUT2D eigenvalue weighted by Crippen LogP contribution is 2.40. The van der Waals surface area contributed by atoms with Crippen LogP contribution in [-0.2, 0) is 6.54 Å². The summed E-state index contributed by atoms with van der Waals surface area (Å²) in [6.45, 7) is 2.93. The number of rotatable bonds is 6. The molecule has 2 aromatic rings. The van der Waals surface area contributed by atoms with E-state index in [4.69, 9.17) is 10.2 Å². The lowest BCUT2D eigenvalue weighted by atomic mass is 10.1. The van der Waals surface area contributed by atoms with Crippen molar-refractivity contribution in [3.8, 4) is 0 Å². The molecule has 108 valence electrons. The Bertz CT molecular complexity index is 548. The van der Waals surface area contributed by atoms with E-state index in [0.29, 0.717) is 6.04 Å². The first-order valence-electron chi connectivity index (χ1n) is 6.94. The van der Waals surface area contributed by atoms with Gasteiger partial charge in [-0.15, -0.1) is 11.3 Å². The molecule has 2 aromatic heterocycles. The summed E-state index contributed by atoms with van der Waals surface area (Å²) in [6, 6.07) is 9.26. The molecule has 1 fully saturated rings. The quantitative estimate of drug-likeness (QED) is 0.846. The molecule has 1 saturated carbocycles. The second-order valence-electron chi connectivity index (χ2n) is 5.43. The van der Waals surface area contributed by atoms with Crippen molar-refractivity contribution < 1.29 is 4.42 Å². The molecule has 0 aromatic carbocycles. The van der Waals surface area contributed by atoms with Crippen molar-refractivity contribution in [2.75, 3.05) is 0 Å². The van der Waals surface area contributed by atoms with Gasteiger partial charge in [-0.25, -0.2) is 0 Å². The first kappa shape index (κ1) is 14.3. The summed E-state index contributed by atoms with van der Waals surface area (Å²) >= 11 is 5.33. The van der Waals surface area contributed by atoms with Crippen molar-refractivity contribution in [2.45, 2.75) is 44.4 Å². The summed E-state index contributed by atoms with van der Waals surface area (Å²) in [4.78, 5) is 3.83. The molecular formula is C15H19BrN2OS. The van der Waals surface area contributed by atoms with E-state index in [1.165, 1.54) is 17.7 Å². The summed E-state index contributed by atoms with van der Waals surface area (Å²) in [7, 11) is 0. The number of nitrogens with two attached hydrogens (primary N) is 1. The van der Waals surface area contributed by atoms with E-state index in [9.17, 15) is 0 Å². The highest BCUT2D eigenvalue weighted by molar-refractivity contribution is 9.11. The molecule has 20 heavy (non-hydrogen) atoms. The number of furan rings is 1. The average molecular weight is 355 g/mol. The molecule has 0 spiro atoms. The molecule has 5 heteroatoms. The maximum atomic E-state index is 6.29. The second kappa shape index (κ2) is 6.02. The molecule has 0 amide bonds. The van der Waals surface area contributed by atoms with Crippen LogP contribution in [0.3, 0.4) is 0 Å². The molecule has 1 aliphatic carbocycles. The Morgan fingerprint density at radius 1 is 1.45 bits per heavy atom. The molecule has 2 heterocycles. The van der Waals surface area contributed by atoms with Crippen molar-refractivity contribution in [3.05, 3.63) is 45.0 Å². The number of halogens is 1. The zero-order valence-electron chi connectivity index (χ0n) is 11.5. The number of nitrogens with zero attached hydrogens (tertiary/aromatic N) is 1. The van der Waals surface area contributed by atoms with Crippen LogP contribution >= 0.6 is 27.3 Å². The minimum atomic E-state index is 0.0936. The van der Waals surface area contributed by atoms with Gasteiger partial charge in [0.1, 0.15) is 5.76 Å². The third kappa shape index (κ3) is 3.17. The summed E-state index contributed by atoms with van der Waals surface area (Å²) in [5.74, 6) is 1.01. The van der Waals surface area contributed by atoms with Crippen molar-refractivity contribution in [3.63, 3.8) is 0 Å². The number of hydrogen-bond donors (Lipinski definition) is 1. The van der Waals surface area contributed by atoms with Gasteiger partial charge >= 0.3 is 0 Å². The van der Waals surface area contributed by atoms with Gasteiger partial charge in [0.25, 0.3) is 0 Å². The Kier molecular flexibility index (Phi) is 4.31. The van der Waals surface area contributed by atoms with E-state index >= 15 is 0 Å². The lowest BCUT2D eigenvalue weighted by Gasteiger charge is -2.33. The zero-order valence-corrected chi connectivity index (χ0v) is 13.9. The Hall–Kier alpha value is -0.620. The van der Waals surface area contributed by atoms with Crippen molar-refractivity contribution in [1.82, 2.24) is 4.90 Å². The lowest BCUT2D eigenvalue weighted by Crippen LogP contribution is -2.40. The monoisotopic (exact) mass is 354 g/mol. The first-order chi connectivity index (χ1) is 9.65. The Balaban J connectivity index is 1.86. The van der Waals surface area contributed by atoms with Gasteiger partial charge in [0, 0.05) is 17.0 Å². The molecule has 3 rings (SSSR count). The first-order valence-corrected chi connectivity index (χ1v) is 8.55. The summed E-state index contributed by atoms with van der Waals surface area (Å²) in [5.41, 5.74) is 6.29. The van der Waals surface area contributed by atoms with Crippen LogP contribution in [0.25, 0.3) is 0 Å². The topological polar surface area (TPSA) is 42.4 Å². The van der Waals surface area contributed by atoms with Crippen molar-refractivity contribution >= 4 is 27.3 Å². The van der Waals surface area contributed by atoms with Crippen LogP contribution in [0.15, 0.2) is 38.7 Å². The summed E-state index contributed by atoms with van der Waals surface area (Å²) in [6.07, 6.45) is 4.26. The van der Waals surface area contributed by atoms with Crippen molar-refractivity contribution in [2.24, 2.45) is 5.73 Å². The molecule has 0 aliphatic heterocycles. The van der Waals surface area contributed by atoms with Crippen LogP contribution in [0.5, 0.6) is 0 Å². The van der Waals surface area contributed by atoms with Crippen LogP contribution in [0.1, 0.15) is 36.4 Å². The molecule has 2 atom stereocenters. The zero-order chi connectivity index (χ0) is 14.1. The molecule has 0 radical (unpaired) electrons. The molecule has 2 unspecified atom stereocenters. The normalized spacial score (nSPS) is 18.4. The third-order valence-corrected chi connectivity index (χ3v) is 5.37. The van der Waals surface area contributed by atoms with Gasteiger partial charge in [-0.1, -0.05) is 0 Å². The summed E-state index contributed by atoms with van der Waals surface area (Å²) < 4.78 is 6.68. The minimum absolute atomic E-state index is 0.0936. The van der Waals surface area contributed by atoms with E-state index in [-0.39, 0.29) is 12.1 Å². The highest BCUT2D eigenvalue weighted by atomic mass is 79.9. The Labute approximate surface area is 131 Å². The Morgan fingerprint density at radius 3 is 2.75 bits per heavy atom. The van der Waals surface area contributed by atoms with Gasteiger partial charge in [0.15, 0.2) is 0 Å². The second-order valence-corrected chi connectivity index (χ2v) is 7.92. The van der Waals surface area contributed by atoms with Crippen LogP contribution < -0.4 is 5.73 Å². The predicted molar refractivity (Wildman–Crippen MR) is 85.7 cm³/mol. The van der Waals surface area contributed by atoms with Gasteiger partial charge in [0.2, 0.25) is 0 Å². The minimum Gasteiger partial charge on any atom is -0.468 e. The van der Waals surface area contributed by atoms with Gasteiger partial charge < -0.3 is 10.2 Å². The van der Waals surface area contributed by atoms with E-state index in [2.05, 4.69) is 39.9 Å². The molecule has 3 nitrogen and oxygen atoms in total. The molecule has 0 saturated heterocycles. The van der Waals surface area contributed by atoms with Crippen LogP contribution in [0, 0.1) is 0 Å². The van der Waals surface area contributed by atoms with Gasteiger partial charge in [-0.05, 0) is 60.0 Å². The highest BCUT2D eigenvalue weighted by Gasteiger charge is 2.37. The fraction of sp³-hybridized carbons (Fsp3) is 0.467.